The van der Waals surface area contributed by atoms with E-state index in [1.54, 1.807) is 0 Å². The SMILES string of the molecule is ClCc1ccc2c3c(cccc13)-c1ccccc1-2. The first-order valence-corrected chi connectivity index (χ1v) is 6.64. The molecule has 1 aliphatic carbocycles. The number of benzene rings is 3. The second kappa shape index (κ2) is 3.60. The fourth-order valence-corrected chi connectivity index (χ4v) is 3.22. The van der Waals surface area contributed by atoms with Gasteiger partial charge in [0.25, 0.3) is 0 Å². The third-order valence-corrected chi connectivity index (χ3v) is 4.07. The van der Waals surface area contributed by atoms with Crippen molar-refractivity contribution in [2.45, 2.75) is 5.88 Å². The lowest BCUT2D eigenvalue weighted by Gasteiger charge is -2.06. The Balaban J connectivity index is 2.23. The van der Waals surface area contributed by atoms with Crippen LogP contribution in [-0.2, 0) is 5.88 Å². The monoisotopic (exact) mass is 250 g/mol. The minimum atomic E-state index is 0.566. The predicted octanol–water partition coefficient (Wildman–Crippen LogP) is 5.23. The van der Waals surface area contributed by atoms with Gasteiger partial charge in [-0.25, -0.2) is 0 Å². The van der Waals surface area contributed by atoms with Crippen LogP contribution < -0.4 is 0 Å². The molecule has 0 spiro atoms. The average Bonchev–Trinajstić information content (AvgIpc) is 2.77. The third kappa shape index (κ3) is 1.16. The Morgan fingerprint density at radius 1 is 0.667 bits per heavy atom. The molecule has 0 fully saturated rings. The third-order valence-electron chi connectivity index (χ3n) is 3.78. The maximum atomic E-state index is 6.04. The van der Waals surface area contributed by atoms with E-state index < -0.39 is 0 Å². The summed E-state index contributed by atoms with van der Waals surface area (Å²) < 4.78 is 0. The molecule has 0 heterocycles. The van der Waals surface area contributed by atoms with Crippen molar-refractivity contribution >= 4 is 22.4 Å². The molecule has 86 valence electrons. The maximum absolute atomic E-state index is 6.04. The van der Waals surface area contributed by atoms with E-state index in [9.17, 15) is 0 Å². The van der Waals surface area contributed by atoms with Crippen molar-refractivity contribution in [2.75, 3.05) is 0 Å². The van der Waals surface area contributed by atoms with Gasteiger partial charge in [0.2, 0.25) is 0 Å². The van der Waals surface area contributed by atoms with Gasteiger partial charge in [-0.1, -0.05) is 54.6 Å². The summed E-state index contributed by atoms with van der Waals surface area (Å²) >= 11 is 6.04. The van der Waals surface area contributed by atoms with Gasteiger partial charge >= 0.3 is 0 Å². The number of fused-ring (bicyclic) bond motifs is 3. The summed E-state index contributed by atoms with van der Waals surface area (Å²) in [4.78, 5) is 0. The van der Waals surface area contributed by atoms with E-state index in [4.69, 9.17) is 11.6 Å². The molecule has 18 heavy (non-hydrogen) atoms. The Hall–Kier alpha value is -1.79. The molecule has 4 rings (SSSR count). The summed E-state index contributed by atoms with van der Waals surface area (Å²) in [6, 6.07) is 19.5. The highest BCUT2D eigenvalue weighted by Crippen LogP contribution is 2.47. The lowest BCUT2D eigenvalue weighted by molar-refractivity contribution is 1.46. The van der Waals surface area contributed by atoms with E-state index in [0.29, 0.717) is 5.88 Å². The largest absolute Gasteiger partial charge is 0.122 e. The number of hydrogen-bond donors (Lipinski definition) is 0. The highest BCUT2D eigenvalue weighted by atomic mass is 35.5. The van der Waals surface area contributed by atoms with Crippen molar-refractivity contribution in [3.8, 4) is 22.3 Å². The minimum Gasteiger partial charge on any atom is -0.122 e. The zero-order valence-corrected chi connectivity index (χ0v) is 10.5. The summed E-state index contributed by atoms with van der Waals surface area (Å²) in [6.45, 7) is 0. The fourth-order valence-electron chi connectivity index (χ4n) is 2.99. The fraction of sp³-hybridized carbons (Fsp3) is 0.0588. The molecule has 0 aliphatic heterocycles. The van der Waals surface area contributed by atoms with Gasteiger partial charge in [0, 0.05) is 5.88 Å². The Morgan fingerprint density at radius 3 is 2.06 bits per heavy atom. The molecule has 0 unspecified atom stereocenters. The van der Waals surface area contributed by atoms with Gasteiger partial charge in [0.15, 0.2) is 0 Å². The van der Waals surface area contributed by atoms with E-state index in [1.807, 2.05) is 0 Å². The van der Waals surface area contributed by atoms with Gasteiger partial charge in [0.1, 0.15) is 0 Å². The molecule has 0 saturated heterocycles. The molecule has 0 bridgehead atoms. The van der Waals surface area contributed by atoms with Crippen molar-refractivity contribution in [1.29, 1.82) is 0 Å². The standard InChI is InChI=1S/C17H11Cl/c18-10-11-8-9-16-14-5-2-1-4-13(14)15-7-3-6-12(11)17(15)16/h1-9H,10H2. The molecular weight excluding hydrogens is 240 g/mol. The first-order valence-electron chi connectivity index (χ1n) is 6.10. The summed E-state index contributed by atoms with van der Waals surface area (Å²) in [5, 5.41) is 2.65. The Bertz CT molecular complexity index is 742. The van der Waals surface area contributed by atoms with Gasteiger partial charge in [0.05, 0.1) is 0 Å². The normalized spacial score (nSPS) is 11.8. The zero-order chi connectivity index (χ0) is 12.1. The smallest absolute Gasteiger partial charge is 0.0480 e. The molecule has 0 radical (unpaired) electrons. The van der Waals surface area contributed by atoms with Crippen LogP contribution in [0.5, 0.6) is 0 Å². The van der Waals surface area contributed by atoms with Crippen molar-refractivity contribution in [1.82, 2.24) is 0 Å². The molecule has 0 saturated carbocycles. The molecule has 1 aliphatic rings. The van der Waals surface area contributed by atoms with E-state index in [-0.39, 0.29) is 0 Å². The van der Waals surface area contributed by atoms with Crippen LogP contribution in [0.1, 0.15) is 5.56 Å². The van der Waals surface area contributed by atoms with Crippen LogP contribution in [0.25, 0.3) is 33.0 Å². The minimum absolute atomic E-state index is 0.566. The summed E-state index contributed by atoms with van der Waals surface area (Å²) in [7, 11) is 0. The highest BCUT2D eigenvalue weighted by Gasteiger charge is 2.21. The second-order valence-electron chi connectivity index (χ2n) is 4.68. The van der Waals surface area contributed by atoms with Crippen LogP contribution in [-0.4, -0.2) is 0 Å². The van der Waals surface area contributed by atoms with Crippen molar-refractivity contribution in [3.05, 3.63) is 60.2 Å². The average molecular weight is 251 g/mol. The zero-order valence-electron chi connectivity index (χ0n) is 9.78. The molecule has 0 aromatic heterocycles. The number of hydrogen-bond acceptors (Lipinski definition) is 0. The lowest BCUT2D eigenvalue weighted by atomic mass is 9.99. The van der Waals surface area contributed by atoms with Gasteiger partial charge in [-0.15, -0.1) is 11.6 Å². The lowest BCUT2D eigenvalue weighted by Crippen LogP contribution is -1.83. The highest BCUT2D eigenvalue weighted by molar-refractivity contribution is 6.20. The Morgan fingerprint density at radius 2 is 1.33 bits per heavy atom. The quantitative estimate of drug-likeness (QED) is 0.406. The maximum Gasteiger partial charge on any atom is 0.0480 e. The molecule has 0 N–H and O–H groups in total. The van der Waals surface area contributed by atoms with Gasteiger partial charge in [-0.3, -0.25) is 0 Å². The van der Waals surface area contributed by atoms with E-state index >= 15 is 0 Å². The van der Waals surface area contributed by atoms with Crippen LogP contribution in [0.3, 0.4) is 0 Å². The van der Waals surface area contributed by atoms with Gasteiger partial charge in [-0.05, 0) is 38.6 Å². The van der Waals surface area contributed by atoms with Crippen LogP contribution in [0.15, 0.2) is 54.6 Å². The molecule has 3 aromatic rings. The van der Waals surface area contributed by atoms with Crippen LogP contribution in [0.2, 0.25) is 0 Å². The predicted molar refractivity (Wildman–Crippen MR) is 77.9 cm³/mol. The summed E-state index contributed by atoms with van der Waals surface area (Å²) in [6.07, 6.45) is 0. The number of halogens is 1. The topological polar surface area (TPSA) is 0 Å². The van der Waals surface area contributed by atoms with E-state index in [1.165, 1.54) is 38.6 Å². The molecule has 0 atom stereocenters. The second-order valence-corrected chi connectivity index (χ2v) is 4.95. The summed E-state index contributed by atoms with van der Waals surface area (Å²) in [5.74, 6) is 0.566. The molecule has 1 heteroatoms. The molecular formula is C17H11Cl. The van der Waals surface area contributed by atoms with Gasteiger partial charge < -0.3 is 0 Å². The van der Waals surface area contributed by atoms with Crippen molar-refractivity contribution in [2.24, 2.45) is 0 Å². The first-order chi connectivity index (χ1) is 8.90. The first kappa shape index (κ1) is 10.2. The van der Waals surface area contributed by atoms with Crippen LogP contribution in [0.4, 0.5) is 0 Å². The van der Waals surface area contributed by atoms with Crippen LogP contribution >= 0.6 is 11.6 Å². The Kier molecular flexibility index (Phi) is 2.03. The van der Waals surface area contributed by atoms with Crippen molar-refractivity contribution in [3.63, 3.8) is 0 Å². The van der Waals surface area contributed by atoms with E-state index in [0.717, 1.165) is 0 Å². The molecule has 0 amide bonds. The molecule has 3 aromatic carbocycles. The van der Waals surface area contributed by atoms with Crippen molar-refractivity contribution < 1.29 is 0 Å². The molecule has 0 nitrogen and oxygen atoms in total. The van der Waals surface area contributed by atoms with Crippen LogP contribution in [0, 0.1) is 0 Å². The number of rotatable bonds is 1. The number of alkyl halides is 1. The Labute approximate surface area is 111 Å². The van der Waals surface area contributed by atoms with Gasteiger partial charge in [-0.2, -0.15) is 0 Å². The van der Waals surface area contributed by atoms with E-state index in [2.05, 4.69) is 54.6 Å². The summed E-state index contributed by atoms with van der Waals surface area (Å²) in [5.41, 5.74) is 6.56.